The number of carboxylic acid groups (broad SMARTS) is 1. The molecule has 0 bridgehead atoms. The van der Waals surface area contributed by atoms with E-state index in [4.69, 9.17) is 5.11 Å². The number of likely N-dealkylation sites (N-methyl/N-ethyl adjacent to an activating group) is 1. The predicted octanol–water partition coefficient (Wildman–Crippen LogP) is 2.78. The van der Waals surface area contributed by atoms with Crippen LogP contribution in [0.25, 0.3) is 0 Å². The number of carboxylic acids is 1. The molecule has 0 saturated heterocycles. The van der Waals surface area contributed by atoms with Crippen LogP contribution in [-0.2, 0) is 15.0 Å². The van der Waals surface area contributed by atoms with Crippen molar-refractivity contribution in [2.75, 3.05) is 13.1 Å². The van der Waals surface area contributed by atoms with E-state index in [2.05, 4.69) is 21.2 Å². The van der Waals surface area contributed by atoms with E-state index in [-0.39, 0.29) is 24.5 Å². The third-order valence-corrected chi connectivity index (χ3v) is 5.37. The number of carbonyl (C=O) groups excluding carboxylic acids is 1. The number of nitrogens with one attached hydrogen (secondary N) is 1. The molecule has 0 aromatic heterocycles. The highest BCUT2D eigenvalue weighted by Gasteiger charge is 2.38. The smallest absolute Gasteiger partial charge is 0.317 e. The molecule has 132 valence electrons. The molecule has 0 spiro atoms. The van der Waals surface area contributed by atoms with Crippen LogP contribution < -0.4 is 5.32 Å². The zero-order valence-electron chi connectivity index (χ0n) is 14.4. The number of benzene rings is 1. The molecule has 1 aromatic rings. The summed E-state index contributed by atoms with van der Waals surface area (Å²) in [4.78, 5) is 25.5. The van der Waals surface area contributed by atoms with Crippen molar-refractivity contribution in [3.8, 4) is 0 Å². The summed E-state index contributed by atoms with van der Waals surface area (Å²) in [5, 5.41) is 12.0. The summed E-state index contributed by atoms with van der Waals surface area (Å²) in [6, 6.07) is 8.16. The van der Waals surface area contributed by atoms with E-state index < -0.39 is 11.4 Å². The third kappa shape index (κ3) is 4.36. The Morgan fingerprint density at radius 2 is 1.88 bits per heavy atom. The minimum atomic E-state index is -0.805. The number of amides is 1. The zero-order chi connectivity index (χ0) is 17.9. The molecule has 0 atom stereocenters. The van der Waals surface area contributed by atoms with Gasteiger partial charge in [-0.05, 0) is 50.9 Å². The van der Waals surface area contributed by atoms with Crippen molar-refractivity contribution in [2.24, 2.45) is 0 Å². The van der Waals surface area contributed by atoms with Crippen LogP contribution in [0.4, 0.5) is 0 Å². The van der Waals surface area contributed by atoms with Crippen molar-refractivity contribution < 1.29 is 14.7 Å². The number of halogens is 1. The SMILES string of the molecule is CCN(CC(=O)O)C1CC(NC(=O)C(C)(C)c2ccc(Br)cc2)C1. The van der Waals surface area contributed by atoms with Gasteiger partial charge in [0.05, 0.1) is 12.0 Å². The first-order valence-corrected chi connectivity index (χ1v) is 9.06. The van der Waals surface area contributed by atoms with Gasteiger partial charge in [0.25, 0.3) is 0 Å². The maximum atomic E-state index is 12.6. The zero-order valence-corrected chi connectivity index (χ0v) is 16.0. The molecule has 6 heteroatoms. The molecule has 5 nitrogen and oxygen atoms in total. The maximum Gasteiger partial charge on any atom is 0.317 e. The van der Waals surface area contributed by atoms with Gasteiger partial charge in [-0.3, -0.25) is 14.5 Å². The standard InChI is InChI=1S/C18H25BrN2O3/c1-4-21(11-16(22)23)15-9-14(10-15)20-17(24)18(2,3)12-5-7-13(19)8-6-12/h5-8,14-15H,4,9-11H2,1-3H3,(H,20,24)(H,22,23). The van der Waals surface area contributed by atoms with Crippen LogP contribution in [0.5, 0.6) is 0 Å². The van der Waals surface area contributed by atoms with E-state index >= 15 is 0 Å². The fourth-order valence-corrected chi connectivity index (χ4v) is 3.30. The Bertz CT molecular complexity index is 595. The summed E-state index contributed by atoms with van der Waals surface area (Å²) < 4.78 is 0.988. The number of nitrogens with zero attached hydrogens (tertiary/aromatic N) is 1. The van der Waals surface area contributed by atoms with Gasteiger partial charge in [-0.1, -0.05) is 35.0 Å². The number of hydrogen-bond donors (Lipinski definition) is 2. The molecule has 0 radical (unpaired) electrons. The van der Waals surface area contributed by atoms with Gasteiger partial charge in [0.15, 0.2) is 0 Å². The Kier molecular flexibility index (Phi) is 6.04. The highest BCUT2D eigenvalue weighted by molar-refractivity contribution is 9.10. The Morgan fingerprint density at radius 3 is 2.38 bits per heavy atom. The van der Waals surface area contributed by atoms with Crippen molar-refractivity contribution in [1.82, 2.24) is 10.2 Å². The normalized spacial score (nSPS) is 20.5. The highest BCUT2D eigenvalue weighted by atomic mass is 79.9. The van der Waals surface area contributed by atoms with Crippen LogP contribution in [0.15, 0.2) is 28.7 Å². The highest BCUT2D eigenvalue weighted by Crippen LogP contribution is 2.29. The second-order valence-corrected chi connectivity index (χ2v) is 7.80. The van der Waals surface area contributed by atoms with Crippen LogP contribution in [0.1, 0.15) is 39.2 Å². The first kappa shape index (κ1) is 18.9. The van der Waals surface area contributed by atoms with Gasteiger partial charge in [-0.15, -0.1) is 0 Å². The molecule has 1 aliphatic carbocycles. The lowest BCUT2D eigenvalue weighted by molar-refractivity contribution is -0.140. The lowest BCUT2D eigenvalue weighted by Crippen LogP contribution is -2.57. The van der Waals surface area contributed by atoms with Crippen LogP contribution in [0.3, 0.4) is 0 Å². The Hall–Kier alpha value is -1.40. The van der Waals surface area contributed by atoms with E-state index in [9.17, 15) is 9.59 Å². The molecule has 24 heavy (non-hydrogen) atoms. The molecule has 1 amide bonds. The molecule has 1 saturated carbocycles. The van der Waals surface area contributed by atoms with Gasteiger partial charge in [0, 0.05) is 16.6 Å². The van der Waals surface area contributed by atoms with E-state index in [0.717, 1.165) is 22.9 Å². The van der Waals surface area contributed by atoms with Crippen molar-refractivity contribution in [1.29, 1.82) is 0 Å². The molecule has 2 rings (SSSR count). The van der Waals surface area contributed by atoms with E-state index in [1.807, 2.05) is 49.9 Å². The van der Waals surface area contributed by atoms with Crippen LogP contribution in [0.2, 0.25) is 0 Å². The lowest BCUT2D eigenvalue weighted by Gasteiger charge is -2.43. The first-order chi connectivity index (χ1) is 11.2. The van der Waals surface area contributed by atoms with Crippen molar-refractivity contribution in [3.05, 3.63) is 34.3 Å². The van der Waals surface area contributed by atoms with E-state index in [1.54, 1.807) is 0 Å². The topological polar surface area (TPSA) is 69.6 Å². The summed E-state index contributed by atoms with van der Waals surface area (Å²) in [5.41, 5.74) is 0.372. The van der Waals surface area contributed by atoms with Gasteiger partial charge >= 0.3 is 5.97 Å². The number of rotatable bonds is 7. The Labute approximate surface area is 151 Å². The Morgan fingerprint density at radius 1 is 1.29 bits per heavy atom. The average molecular weight is 397 g/mol. The lowest BCUT2D eigenvalue weighted by atomic mass is 9.81. The molecule has 1 aliphatic rings. The quantitative estimate of drug-likeness (QED) is 0.743. The average Bonchev–Trinajstić information content (AvgIpc) is 2.48. The molecular weight excluding hydrogens is 372 g/mol. The van der Waals surface area contributed by atoms with Crippen molar-refractivity contribution >= 4 is 27.8 Å². The minimum Gasteiger partial charge on any atom is -0.480 e. The predicted molar refractivity (Wildman–Crippen MR) is 97.0 cm³/mol. The second kappa shape index (κ2) is 7.66. The summed E-state index contributed by atoms with van der Waals surface area (Å²) in [7, 11) is 0. The number of hydrogen-bond acceptors (Lipinski definition) is 3. The van der Waals surface area contributed by atoms with Crippen LogP contribution in [0, 0.1) is 0 Å². The molecule has 0 aliphatic heterocycles. The maximum absolute atomic E-state index is 12.6. The van der Waals surface area contributed by atoms with Gasteiger partial charge in [0.1, 0.15) is 0 Å². The summed E-state index contributed by atoms with van der Waals surface area (Å²) in [6.45, 7) is 6.58. The minimum absolute atomic E-state index is 0.00885. The second-order valence-electron chi connectivity index (χ2n) is 6.88. The number of aliphatic carboxylic acids is 1. The van der Waals surface area contributed by atoms with Crippen molar-refractivity contribution in [2.45, 2.75) is 51.1 Å². The summed E-state index contributed by atoms with van der Waals surface area (Å²) >= 11 is 3.41. The van der Waals surface area contributed by atoms with Gasteiger partial charge in [0.2, 0.25) is 5.91 Å². The third-order valence-electron chi connectivity index (χ3n) is 4.84. The molecule has 1 fully saturated rings. The van der Waals surface area contributed by atoms with Crippen LogP contribution >= 0.6 is 15.9 Å². The summed E-state index contributed by atoms with van der Waals surface area (Å²) in [6.07, 6.45) is 1.62. The first-order valence-electron chi connectivity index (χ1n) is 8.27. The van der Waals surface area contributed by atoms with Crippen LogP contribution in [-0.4, -0.2) is 47.1 Å². The van der Waals surface area contributed by atoms with E-state index in [0.29, 0.717) is 6.54 Å². The van der Waals surface area contributed by atoms with Gasteiger partial charge in [-0.25, -0.2) is 0 Å². The van der Waals surface area contributed by atoms with Crippen molar-refractivity contribution in [3.63, 3.8) is 0 Å². The largest absolute Gasteiger partial charge is 0.480 e. The fraction of sp³-hybridized carbons (Fsp3) is 0.556. The molecule has 0 heterocycles. The van der Waals surface area contributed by atoms with Gasteiger partial charge < -0.3 is 10.4 Å². The fourth-order valence-electron chi connectivity index (χ4n) is 3.04. The number of carbonyl (C=O) groups is 2. The molecule has 0 unspecified atom stereocenters. The molecule has 2 N–H and O–H groups in total. The summed E-state index contributed by atoms with van der Waals surface area (Å²) in [5.74, 6) is -0.796. The molecular formula is C18H25BrN2O3. The Balaban J connectivity index is 1.89. The molecule has 1 aromatic carbocycles. The van der Waals surface area contributed by atoms with Gasteiger partial charge in [-0.2, -0.15) is 0 Å². The van der Waals surface area contributed by atoms with E-state index in [1.165, 1.54) is 0 Å². The monoisotopic (exact) mass is 396 g/mol.